The lowest BCUT2D eigenvalue weighted by Crippen LogP contribution is -2.13. The fourth-order valence-corrected chi connectivity index (χ4v) is 4.03. The van der Waals surface area contributed by atoms with Crippen LogP contribution in [0.15, 0.2) is 47.4 Å². The number of hydrogen-bond donors (Lipinski definition) is 1. The van der Waals surface area contributed by atoms with Crippen LogP contribution in [0.25, 0.3) is 11.1 Å². The molecule has 0 bridgehead atoms. The van der Waals surface area contributed by atoms with Crippen LogP contribution in [0.3, 0.4) is 0 Å². The van der Waals surface area contributed by atoms with Crippen molar-refractivity contribution in [2.45, 2.75) is 25.7 Å². The van der Waals surface area contributed by atoms with E-state index in [1.165, 1.54) is 12.1 Å². The lowest BCUT2D eigenvalue weighted by Gasteiger charge is -2.11. The highest BCUT2D eigenvalue weighted by molar-refractivity contribution is 7.91. The van der Waals surface area contributed by atoms with Gasteiger partial charge in [-0.1, -0.05) is 43.7 Å². The third-order valence-electron chi connectivity index (χ3n) is 3.45. The van der Waals surface area contributed by atoms with Gasteiger partial charge < -0.3 is 5.11 Å². The minimum Gasteiger partial charge on any atom is -0.478 e. The summed E-state index contributed by atoms with van der Waals surface area (Å²) in [6.07, 6.45) is 0. The molecular weight excluding hydrogens is 312 g/mol. The van der Waals surface area contributed by atoms with Crippen LogP contribution in [0, 0.1) is 12.8 Å². The van der Waals surface area contributed by atoms with Gasteiger partial charge in [0.25, 0.3) is 0 Å². The largest absolute Gasteiger partial charge is 0.478 e. The number of aromatic carboxylic acids is 1. The molecule has 0 aromatic heterocycles. The normalized spacial score (nSPS) is 11.7. The Labute approximate surface area is 136 Å². The minimum absolute atomic E-state index is 0.0105. The van der Waals surface area contributed by atoms with E-state index in [1.807, 2.05) is 45.0 Å². The summed E-state index contributed by atoms with van der Waals surface area (Å²) in [6, 6.07) is 11.8. The van der Waals surface area contributed by atoms with Gasteiger partial charge in [-0.05, 0) is 42.2 Å². The van der Waals surface area contributed by atoms with Crippen LogP contribution < -0.4 is 0 Å². The standard InChI is InChI=1S/C18H20O4S/c1-12(2)11-23(21,22)17-9-15(8-16(10-17)18(19)20)14-6-4-13(3)5-7-14/h4-10,12H,11H2,1-3H3,(H,19,20). The molecule has 0 unspecified atom stereocenters. The van der Waals surface area contributed by atoms with Crippen LogP contribution in [0.5, 0.6) is 0 Å². The molecule has 122 valence electrons. The molecule has 0 spiro atoms. The van der Waals surface area contributed by atoms with Crippen molar-refractivity contribution in [2.24, 2.45) is 5.92 Å². The second-order valence-corrected chi connectivity index (χ2v) is 8.13. The van der Waals surface area contributed by atoms with Crippen LogP contribution in [-0.2, 0) is 9.84 Å². The van der Waals surface area contributed by atoms with E-state index in [0.29, 0.717) is 5.56 Å². The topological polar surface area (TPSA) is 71.4 Å². The van der Waals surface area contributed by atoms with Crippen molar-refractivity contribution in [1.82, 2.24) is 0 Å². The van der Waals surface area contributed by atoms with E-state index >= 15 is 0 Å². The molecule has 4 nitrogen and oxygen atoms in total. The maximum Gasteiger partial charge on any atom is 0.335 e. The van der Waals surface area contributed by atoms with Crippen LogP contribution >= 0.6 is 0 Å². The number of carboxylic acids is 1. The molecule has 0 saturated heterocycles. The van der Waals surface area contributed by atoms with Gasteiger partial charge in [-0.2, -0.15) is 0 Å². The Kier molecular flexibility index (Phi) is 4.90. The van der Waals surface area contributed by atoms with Gasteiger partial charge in [0.05, 0.1) is 16.2 Å². The first-order chi connectivity index (χ1) is 10.7. The number of sulfone groups is 1. The molecule has 23 heavy (non-hydrogen) atoms. The lowest BCUT2D eigenvalue weighted by molar-refractivity contribution is 0.0696. The lowest BCUT2D eigenvalue weighted by atomic mass is 10.0. The van der Waals surface area contributed by atoms with Crippen LogP contribution in [-0.4, -0.2) is 25.2 Å². The molecule has 0 aliphatic heterocycles. The molecule has 0 aliphatic carbocycles. The van der Waals surface area contributed by atoms with E-state index in [2.05, 4.69) is 0 Å². The minimum atomic E-state index is -3.52. The maximum atomic E-state index is 12.5. The predicted molar refractivity (Wildman–Crippen MR) is 90.5 cm³/mol. The molecular formula is C18H20O4S. The van der Waals surface area contributed by atoms with Crippen molar-refractivity contribution >= 4 is 15.8 Å². The number of carboxylic acid groups (broad SMARTS) is 1. The highest BCUT2D eigenvalue weighted by Crippen LogP contribution is 2.26. The van der Waals surface area contributed by atoms with Gasteiger partial charge in [-0.15, -0.1) is 0 Å². The Morgan fingerprint density at radius 3 is 2.17 bits per heavy atom. The third-order valence-corrected chi connectivity index (χ3v) is 5.51. The van der Waals surface area contributed by atoms with E-state index < -0.39 is 15.8 Å². The summed E-state index contributed by atoms with van der Waals surface area (Å²) in [5, 5.41) is 9.28. The molecule has 0 amide bonds. The van der Waals surface area contributed by atoms with E-state index in [0.717, 1.165) is 11.1 Å². The molecule has 0 heterocycles. The highest BCUT2D eigenvalue weighted by Gasteiger charge is 2.20. The average molecular weight is 332 g/mol. The monoisotopic (exact) mass is 332 g/mol. The quantitative estimate of drug-likeness (QED) is 0.904. The van der Waals surface area contributed by atoms with E-state index in [9.17, 15) is 18.3 Å². The van der Waals surface area contributed by atoms with Crippen LogP contribution in [0.4, 0.5) is 0 Å². The Morgan fingerprint density at radius 1 is 1.04 bits per heavy atom. The van der Waals surface area contributed by atoms with Crippen molar-refractivity contribution < 1.29 is 18.3 Å². The van der Waals surface area contributed by atoms with Crippen molar-refractivity contribution in [2.75, 3.05) is 5.75 Å². The predicted octanol–water partition coefficient (Wildman–Crippen LogP) is 3.79. The number of aryl methyl sites for hydroxylation is 1. The molecule has 2 rings (SSSR count). The first-order valence-electron chi connectivity index (χ1n) is 7.37. The molecule has 2 aromatic carbocycles. The molecule has 1 N–H and O–H groups in total. The molecule has 0 aliphatic rings. The highest BCUT2D eigenvalue weighted by atomic mass is 32.2. The zero-order valence-corrected chi connectivity index (χ0v) is 14.2. The van der Waals surface area contributed by atoms with Gasteiger partial charge in [0.1, 0.15) is 0 Å². The van der Waals surface area contributed by atoms with E-state index in [1.54, 1.807) is 6.07 Å². The summed E-state index contributed by atoms with van der Waals surface area (Å²) in [5.74, 6) is -1.18. The Morgan fingerprint density at radius 2 is 1.65 bits per heavy atom. The summed E-state index contributed by atoms with van der Waals surface area (Å²) >= 11 is 0. The first kappa shape index (κ1) is 17.2. The fourth-order valence-electron chi connectivity index (χ4n) is 2.35. The fraction of sp³-hybridized carbons (Fsp3) is 0.278. The second kappa shape index (κ2) is 6.54. The summed E-state index contributed by atoms with van der Waals surface area (Å²) < 4.78 is 24.9. The molecule has 5 heteroatoms. The SMILES string of the molecule is Cc1ccc(-c2cc(C(=O)O)cc(S(=O)(=O)CC(C)C)c2)cc1. The number of carbonyl (C=O) groups is 1. The van der Waals surface area contributed by atoms with Gasteiger partial charge in [-0.25, -0.2) is 13.2 Å². The van der Waals surface area contributed by atoms with Crippen LogP contribution in [0.1, 0.15) is 29.8 Å². The maximum absolute atomic E-state index is 12.5. The third kappa shape index (κ3) is 4.20. The van der Waals surface area contributed by atoms with Crippen molar-refractivity contribution in [3.8, 4) is 11.1 Å². The second-order valence-electron chi connectivity index (χ2n) is 6.09. The van der Waals surface area contributed by atoms with E-state index in [4.69, 9.17) is 0 Å². The van der Waals surface area contributed by atoms with Gasteiger partial charge >= 0.3 is 5.97 Å². The molecule has 2 aromatic rings. The first-order valence-corrected chi connectivity index (χ1v) is 9.02. The van der Waals surface area contributed by atoms with Gasteiger partial charge in [-0.3, -0.25) is 0 Å². The molecule has 0 radical (unpaired) electrons. The Hall–Kier alpha value is -2.14. The van der Waals surface area contributed by atoms with Gasteiger partial charge in [0.15, 0.2) is 9.84 Å². The Bertz CT molecular complexity index is 819. The van der Waals surface area contributed by atoms with Crippen molar-refractivity contribution in [1.29, 1.82) is 0 Å². The molecule has 0 atom stereocenters. The zero-order chi connectivity index (χ0) is 17.2. The molecule has 0 fully saturated rings. The summed E-state index contributed by atoms with van der Waals surface area (Å²) in [7, 11) is -3.52. The number of rotatable bonds is 5. The average Bonchev–Trinajstić information content (AvgIpc) is 2.46. The van der Waals surface area contributed by atoms with Gasteiger partial charge in [0.2, 0.25) is 0 Å². The van der Waals surface area contributed by atoms with Crippen molar-refractivity contribution in [3.05, 3.63) is 53.6 Å². The summed E-state index contributed by atoms with van der Waals surface area (Å²) in [5.41, 5.74) is 2.44. The van der Waals surface area contributed by atoms with E-state index in [-0.39, 0.29) is 22.1 Å². The summed E-state index contributed by atoms with van der Waals surface area (Å²) in [4.78, 5) is 11.4. The smallest absolute Gasteiger partial charge is 0.335 e. The van der Waals surface area contributed by atoms with Gasteiger partial charge in [0, 0.05) is 0 Å². The molecule has 0 saturated carbocycles. The zero-order valence-electron chi connectivity index (χ0n) is 13.4. The summed E-state index contributed by atoms with van der Waals surface area (Å²) in [6.45, 7) is 5.59. The number of benzene rings is 2. The number of hydrogen-bond acceptors (Lipinski definition) is 3. The Balaban J connectivity index is 2.61. The van der Waals surface area contributed by atoms with Crippen molar-refractivity contribution in [3.63, 3.8) is 0 Å². The van der Waals surface area contributed by atoms with Crippen LogP contribution in [0.2, 0.25) is 0 Å².